The van der Waals surface area contributed by atoms with E-state index in [1.807, 2.05) is 22.6 Å². The molecule has 0 spiro atoms. The topological polar surface area (TPSA) is 67.2 Å². The second kappa shape index (κ2) is 10.2. The van der Waals surface area contributed by atoms with Crippen LogP contribution in [0.2, 0.25) is 0 Å². The number of nitrogens with one attached hydrogen (secondary N) is 1. The number of benzene rings is 1. The maximum Gasteiger partial charge on any atom is 0.224 e. The number of hydrogen-bond donors (Lipinski definition) is 1. The van der Waals surface area contributed by atoms with Crippen LogP contribution in [0.3, 0.4) is 0 Å². The van der Waals surface area contributed by atoms with Crippen molar-refractivity contribution >= 4 is 11.8 Å². The summed E-state index contributed by atoms with van der Waals surface area (Å²) in [6.07, 6.45) is 5.32. The molecule has 2 heterocycles. The number of piperidine rings is 1. The van der Waals surface area contributed by atoms with E-state index in [1.165, 1.54) is 6.07 Å². The molecule has 7 heteroatoms. The fourth-order valence-electron chi connectivity index (χ4n) is 3.78. The molecule has 0 saturated carbocycles. The third-order valence-corrected chi connectivity index (χ3v) is 5.55. The Morgan fingerprint density at radius 2 is 2.07 bits per heavy atom. The predicted molar refractivity (Wildman–Crippen MR) is 108 cm³/mol. The van der Waals surface area contributed by atoms with Crippen molar-refractivity contribution in [3.63, 3.8) is 0 Å². The molecule has 3 rings (SSSR count). The molecule has 1 fully saturated rings. The second-order valence-corrected chi connectivity index (χ2v) is 7.70. The minimum absolute atomic E-state index is 0.0779. The zero-order valence-corrected chi connectivity index (χ0v) is 16.9. The van der Waals surface area contributed by atoms with Gasteiger partial charge in [0.1, 0.15) is 5.82 Å². The molecular weight excluding hydrogens is 371 g/mol. The monoisotopic (exact) mass is 400 g/mol. The van der Waals surface area contributed by atoms with E-state index in [0.717, 1.165) is 31.5 Å². The predicted octanol–water partition coefficient (Wildman–Crippen LogP) is 3.06. The van der Waals surface area contributed by atoms with Gasteiger partial charge in [-0.25, -0.2) is 4.39 Å². The summed E-state index contributed by atoms with van der Waals surface area (Å²) in [6, 6.07) is 8.38. The van der Waals surface area contributed by atoms with Crippen LogP contribution in [0.1, 0.15) is 43.4 Å². The van der Waals surface area contributed by atoms with Crippen molar-refractivity contribution in [2.45, 2.75) is 52.1 Å². The van der Waals surface area contributed by atoms with Gasteiger partial charge >= 0.3 is 0 Å². The highest BCUT2D eigenvalue weighted by Gasteiger charge is 2.24. The average Bonchev–Trinajstić information content (AvgIpc) is 3.15. The van der Waals surface area contributed by atoms with Crippen LogP contribution in [0, 0.1) is 18.7 Å². The van der Waals surface area contributed by atoms with E-state index in [0.29, 0.717) is 37.4 Å². The first kappa shape index (κ1) is 21.0. The number of aryl methyl sites for hydroxylation is 2. The Balaban J connectivity index is 1.38. The van der Waals surface area contributed by atoms with Crippen molar-refractivity contribution in [1.82, 2.24) is 20.0 Å². The summed E-state index contributed by atoms with van der Waals surface area (Å²) in [5.74, 6) is 0.0948. The van der Waals surface area contributed by atoms with E-state index in [2.05, 4.69) is 10.4 Å². The normalized spacial score (nSPS) is 16.6. The molecule has 1 aliphatic rings. The van der Waals surface area contributed by atoms with Gasteiger partial charge in [-0.2, -0.15) is 5.10 Å². The molecule has 0 bridgehead atoms. The fourth-order valence-corrected chi connectivity index (χ4v) is 3.78. The maximum absolute atomic E-state index is 13.6. The number of amides is 2. The Morgan fingerprint density at radius 3 is 2.83 bits per heavy atom. The molecule has 1 saturated heterocycles. The first-order valence-corrected chi connectivity index (χ1v) is 10.3. The SMILES string of the molecule is Cc1ccnn1CCC(=O)N1CCC[C@@H](CCC(=O)NCc2ccccc2F)C1. The number of nitrogens with zero attached hydrogens (tertiary/aromatic N) is 3. The lowest BCUT2D eigenvalue weighted by Crippen LogP contribution is -2.40. The summed E-state index contributed by atoms with van der Waals surface area (Å²) in [5, 5.41) is 7.00. The second-order valence-electron chi connectivity index (χ2n) is 7.70. The summed E-state index contributed by atoms with van der Waals surface area (Å²) >= 11 is 0. The number of rotatable bonds is 8. The number of halogens is 1. The molecule has 2 aromatic rings. The molecule has 29 heavy (non-hydrogen) atoms. The highest BCUT2D eigenvalue weighted by atomic mass is 19.1. The quantitative estimate of drug-likeness (QED) is 0.741. The minimum Gasteiger partial charge on any atom is -0.352 e. The smallest absolute Gasteiger partial charge is 0.224 e. The van der Waals surface area contributed by atoms with Crippen LogP contribution in [-0.4, -0.2) is 39.6 Å². The zero-order chi connectivity index (χ0) is 20.6. The minimum atomic E-state index is -0.306. The van der Waals surface area contributed by atoms with Gasteiger partial charge in [-0.15, -0.1) is 0 Å². The molecule has 2 amide bonds. The molecule has 0 radical (unpaired) electrons. The molecule has 1 atom stereocenters. The molecule has 0 aliphatic carbocycles. The summed E-state index contributed by atoms with van der Waals surface area (Å²) in [5.41, 5.74) is 1.54. The van der Waals surface area contributed by atoms with Gasteiger partial charge in [-0.1, -0.05) is 18.2 Å². The highest BCUT2D eigenvalue weighted by Crippen LogP contribution is 2.21. The summed E-state index contributed by atoms with van der Waals surface area (Å²) in [7, 11) is 0. The van der Waals surface area contributed by atoms with Gasteiger partial charge in [0, 0.05) is 56.5 Å². The lowest BCUT2D eigenvalue weighted by atomic mass is 9.93. The van der Waals surface area contributed by atoms with Crippen LogP contribution >= 0.6 is 0 Å². The van der Waals surface area contributed by atoms with Crippen LogP contribution in [0.15, 0.2) is 36.5 Å². The Labute approximate surface area is 171 Å². The van der Waals surface area contributed by atoms with Crippen LogP contribution in [0.4, 0.5) is 4.39 Å². The van der Waals surface area contributed by atoms with E-state index >= 15 is 0 Å². The lowest BCUT2D eigenvalue weighted by molar-refractivity contribution is -0.133. The van der Waals surface area contributed by atoms with Gasteiger partial charge in [0.2, 0.25) is 11.8 Å². The molecule has 6 nitrogen and oxygen atoms in total. The van der Waals surface area contributed by atoms with Crippen LogP contribution in [-0.2, 0) is 22.7 Å². The molecule has 156 valence electrons. The van der Waals surface area contributed by atoms with E-state index in [-0.39, 0.29) is 24.2 Å². The van der Waals surface area contributed by atoms with Crippen LogP contribution in [0.5, 0.6) is 0 Å². The molecule has 1 aliphatic heterocycles. The number of aromatic nitrogens is 2. The maximum atomic E-state index is 13.6. The van der Waals surface area contributed by atoms with E-state index in [1.54, 1.807) is 24.4 Å². The molecule has 1 aromatic heterocycles. The van der Waals surface area contributed by atoms with E-state index in [9.17, 15) is 14.0 Å². The third-order valence-electron chi connectivity index (χ3n) is 5.55. The van der Waals surface area contributed by atoms with Gasteiger partial charge in [-0.3, -0.25) is 14.3 Å². The third kappa shape index (κ3) is 6.14. The Kier molecular flexibility index (Phi) is 7.38. The first-order valence-electron chi connectivity index (χ1n) is 10.3. The molecule has 1 N–H and O–H groups in total. The highest BCUT2D eigenvalue weighted by molar-refractivity contribution is 5.76. The van der Waals surface area contributed by atoms with Gasteiger partial charge in [-0.05, 0) is 44.2 Å². The Bertz CT molecular complexity index is 836. The van der Waals surface area contributed by atoms with Crippen molar-refractivity contribution in [2.24, 2.45) is 5.92 Å². The lowest BCUT2D eigenvalue weighted by Gasteiger charge is -2.33. The van der Waals surface area contributed by atoms with Crippen molar-refractivity contribution in [3.8, 4) is 0 Å². The number of carbonyl (C=O) groups is 2. The van der Waals surface area contributed by atoms with Crippen molar-refractivity contribution in [1.29, 1.82) is 0 Å². The fraction of sp³-hybridized carbons (Fsp3) is 0.500. The van der Waals surface area contributed by atoms with Crippen molar-refractivity contribution in [3.05, 3.63) is 53.6 Å². The average molecular weight is 400 g/mol. The molecule has 0 unspecified atom stereocenters. The van der Waals surface area contributed by atoms with Crippen LogP contribution in [0.25, 0.3) is 0 Å². The number of hydrogen-bond acceptors (Lipinski definition) is 3. The number of carbonyl (C=O) groups excluding carboxylic acids is 2. The zero-order valence-electron chi connectivity index (χ0n) is 16.9. The largest absolute Gasteiger partial charge is 0.352 e. The Morgan fingerprint density at radius 1 is 1.24 bits per heavy atom. The van der Waals surface area contributed by atoms with Crippen molar-refractivity contribution in [2.75, 3.05) is 13.1 Å². The Hall–Kier alpha value is -2.70. The van der Waals surface area contributed by atoms with E-state index in [4.69, 9.17) is 0 Å². The molecule has 1 aromatic carbocycles. The first-order chi connectivity index (χ1) is 14.0. The van der Waals surface area contributed by atoms with Gasteiger partial charge in [0.05, 0.1) is 0 Å². The van der Waals surface area contributed by atoms with Crippen LogP contribution < -0.4 is 5.32 Å². The summed E-state index contributed by atoms with van der Waals surface area (Å²) < 4.78 is 15.5. The van der Waals surface area contributed by atoms with E-state index < -0.39 is 0 Å². The van der Waals surface area contributed by atoms with Gasteiger partial charge < -0.3 is 10.2 Å². The van der Waals surface area contributed by atoms with Gasteiger partial charge in [0.25, 0.3) is 0 Å². The van der Waals surface area contributed by atoms with Gasteiger partial charge in [0.15, 0.2) is 0 Å². The summed E-state index contributed by atoms with van der Waals surface area (Å²) in [6.45, 7) is 4.26. The van der Waals surface area contributed by atoms with Crippen molar-refractivity contribution < 1.29 is 14.0 Å². The standard InChI is InChI=1S/C22H29FN4O2/c1-17-10-12-25-27(17)14-11-22(29)26-13-4-5-18(16-26)8-9-21(28)24-15-19-6-2-3-7-20(19)23/h2-3,6-7,10,12,18H,4-5,8-9,11,13-16H2,1H3,(H,24,28)/t18-/m0/s1. The molecular formula is C22H29FN4O2. The number of likely N-dealkylation sites (tertiary alicyclic amines) is 1. The summed E-state index contributed by atoms with van der Waals surface area (Å²) in [4.78, 5) is 26.6.